The molecule has 1 rings (SSSR count). The molecule has 0 aliphatic carbocycles. The lowest BCUT2D eigenvalue weighted by Gasteiger charge is -2.12. The Balaban J connectivity index is 3.01. The number of aromatic carboxylic acids is 1. The lowest BCUT2D eigenvalue weighted by Crippen LogP contribution is -2.20. The van der Waals surface area contributed by atoms with Crippen LogP contribution < -0.4 is 9.46 Å². The van der Waals surface area contributed by atoms with Gasteiger partial charge in [0.25, 0.3) is 0 Å². The summed E-state index contributed by atoms with van der Waals surface area (Å²) in [6.07, 6.45) is 0. The van der Waals surface area contributed by atoms with Crippen LogP contribution in [-0.4, -0.2) is 32.4 Å². The highest BCUT2D eigenvalue weighted by molar-refractivity contribution is 7.92. The van der Waals surface area contributed by atoms with Gasteiger partial charge in [-0.15, -0.1) is 0 Å². The monoisotopic (exact) mass is 287 g/mol. The summed E-state index contributed by atoms with van der Waals surface area (Å²) in [6, 6.07) is 4.04. The fraction of sp³-hybridized carbons (Fsp3) is 0.417. The molecule has 0 saturated heterocycles. The van der Waals surface area contributed by atoms with Gasteiger partial charge in [-0.1, -0.05) is 13.8 Å². The van der Waals surface area contributed by atoms with E-state index in [1.807, 2.05) is 0 Å². The molecular weight excluding hydrogens is 270 g/mol. The highest BCUT2D eigenvalue weighted by Gasteiger charge is 2.16. The largest absolute Gasteiger partial charge is 0.496 e. The van der Waals surface area contributed by atoms with Gasteiger partial charge < -0.3 is 9.84 Å². The molecule has 0 heterocycles. The number of carboxylic acids is 1. The quantitative estimate of drug-likeness (QED) is 0.832. The van der Waals surface area contributed by atoms with E-state index in [-0.39, 0.29) is 28.7 Å². The van der Waals surface area contributed by atoms with Crippen molar-refractivity contribution in [2.24, 2.45) is 5.92 Å². The number of carboxylic acid groups (broad SMARTS) is 1. The van der Waals surface area contributed by atoms with E-state index in [4.69, 9.17) is 9.84 Å². The molecular formula is C12H17NO5S. The van der Waals surface area contributed by atoms with E-state index in [0.29, 0.717) is 0 Å². The van der Waals surface area contributed by atoms with Gasteiger partial charge in [-0.25, -0.2) is 13.2 Å². The Bertz CT molecular complexity index is 565. The minimum absolute atomic E-state index is 0.00214. The van der Waals surface area contributed by atoms with Crippen LogP contribution in [0.15, 0.2) is 18.2 Å². The van der Waals surface area contributed by atoms with Crippen LogP contribution in [0.2, 0.25) is 0 Å². The fourth-order valence-electron chi connectivity index (χ4n) is 1.59. The maximum absolute atomic E-state index is 11.8. The number of nitrogens with one attached hydrogen (secondary N) is 1. The average Bonchev–Trinajstić information content (AvgIpc) is 2.25. The Kier molecular flexibility index (Phi) is 4.77. The molecule has 0 unspecified atom stereocenters. The number of hydrogen-bond acceptors (Lipinski definition) is 4. The van der Waals surface area contributed by atoms with Crippen molar-refractivity contribution in [2.45, 2.75) is 13.8 Å². The molecule has 1 aromatic rings. The summed E-state index contributed by atoms with van der Waals surface area (Å²) in [4.78, 5) is 10.9. The first-order valence-electron chi connectivity index (χ1n) is 5.67. The van der Waals surface area contributed by atoms with Gasteiger partial charge >= 0.3 is 5.97 Å². The molecule has 0 radical (unpaired) electrons. The van der Waals surface area contributed by atoms with E-state index in [0.717, 1.165) is 0 Å². The third-order valence-electron chi connectivity index (χ3n) is 2.26. The number of hydrogen-bond donors (Lipinski definition) is 2. The van der Waals surface area contributed by atoms with Crippen LogP contribution in [0, 0.1) is 5.92 Å². The van der Waals surface area contributed by atoms with Crippen LogP contribution in [0.25, 0.3) is 0 Å². The first-order valence-corrected chi connectivity index (χ1v) is 7.32. The Hall–Kier alpha value is -1.76. The van der Waals surface area contributed by atoms with Crippen molar-refractivity contribution in [1.82, 2.24) is 0 Å². The Morgan fingerprint density at radius 2 is 2.05 bits per heavy atom. The summed E-state index contributed by atoms with van der Waals surface area (Å²) in [5.74, 6) is -1.03. The molecule has 0 aliphatic heterocycles. The molecule has 0 saturated carbocycles. The molecule has 2 N–H and O–H groups in total. The molecule has 19 heavy (non-hydrogen) atoms. The molecule has 0 aromatic heterocycles. The van der Waals surface area contributed by atoms with Gasteiger partial charge in [-0.3, -0.25) is 4.72 Å². The normalized spacial score (nSPS) is 11.4. The lowest BCUT2D eigenvalue weighted by atomic mass is 10.2. The molecule has 0 amide bonds. The zero-order valence-corrected chi connectivity index (χ0v) is 11.8. The van der Waals surface area contributed by atoms with Gasteiger partial charge in [-0.05, 0) is 18.1 Å². The Morgan fingerprint density at radius 3 is 2.53 bits per heavy atom. The third kappa shape index (κ3) is 4.44. The zero-order chi connectivity index (χ0) is 14.6. The van der Waals surface area contributed by atoms with Crippen LogP contribution in [0.3, 0.4) is 0 Å². The Labute approximate surface area is 112 Å². The number of methoxy groups -OCH3 is 1. The van der Waals surface area contributed by atoms with E-state index >= 15 is 0 Å². The second-order valence-corrected chi connectivity index (χ2v) is 6.26. The SMILES string of the molecule is COc1cc(NS(=O)(=O)CC(C)C)ccc1C(=O)O. The molecule has 0 aliphatic rings. The van der Waals surface area contributed by atoms with Crippen LogP contribution >= 0.6 is 0 Å². The second-order valence-electron chi connectivity index (χ2n) is 4.50. The summed E-state index contributed by atoms with van der Waals surface area (Å²) in [5, 5.41) is 8.92. The van der Waals surface area contributed by atoms with Crippen molar-refractivity contribution >= 4 is 21.7 Å². The van der Waals surface area contributed by atoms with Gasteiger partial charge in [0.15, 0.2) is 0 Å². The minimum Gasteiger partial charge on any atom is -0.496 e. The van der Waals surface area contributed by atoms with Gasteiger partial charge in [0.2, 0.25) is 10.0 Å². The van der Waals surface area contributed by atoms with Crippen molar-refractivity contribution in [2.75, 3.05) is 17.6 Å². The summed E-state index contributed by atoms with van der Waals surface area (Å²) in [5.41, 5.74) is 0.261. The molecule has 0 fully saturated rings. The molecule has 0 bridgehead atoms. The van der Waals surface area contributed by atoms with Crippen LogP contribution in [0.4, 0.5) is 5.69 Å². The molecule has 7 heteroatoms. The third-order valence-corrected chi connectivity index (χ3v) is 3.91. The standard InChI is InChI=1S/C12H17NO5S/c1-8(2)7-19(16,17)13-9-4-5-10(12(14)15)11(6-9)18-3/h4-6,8,13H,7H2,1-3H3,(H,14,15). The highest BCUT2D eigenvalue weighted by atomic mass is 32.2. The Morgan fingerprint density at radius 1 is 1.42 bits per heavy atom. The number of rotatable bonds is 6. The topological polar surface area (TPSA) is 92.7 Å². The van der Waals surface area contributed by atoms with Crippen molar-refractivity contribution in [3.63, 3.8) is 0 Å². The van der Waals surface area contributed by atoms with E-state index in [2.05, 4.69) is 4.72 Å². The maximum Gasteiger partial charge on any atom is 0.339 e. The lowest BCUT2D eigenvalue weighted by molar-refractivity contribution is 0.0693. The van der Waals surface area contributed by atoms with Crippen LogP contribution in [0.1, 0.15) is 24.2 Å². The predicted molar refractivity (Wildman–Crippen MR) is 72.2 cm³/mol. The van der Waals surface area contributed by atoms with E-state index in [1.54, 1.807) is 13.8 Å². The van der Waals surface area contributed by atoms with Crippen molar-refractivity contribution < 1.29 is 23.1 Å². The minimum atomic E-state index is -3.44. The molecule has 106 valence electrons. The molecule has 0 atom stereocenters. The summed E-state index contributed by atoms with van der Waals surface area (Å²) in [7, 11) is -2.12. The number of carbonyl (C=O) groups is 1. The second kappa shape index (κ2) is 5.92. The molecule has 1 aromatic carbocycles. The number of anilines is 1. The first kappa shape index (κ1) is 15.3. The predicted octanol–water partition coefficient (Wildman–Crippen LogP) is 1.79. The summed E-state index contributed by atoms with van der Waals surface area (Å²) < 4.78 is 30.8. The smallest absolute Gasteiger partial charge is 0.339 e. The highest BCUT2D eigenvalue weighted by Crippen LogP contribution is 2.24. The number of ether oxygens (including phenoxy) is 1. The maximum atomic E-state index is 11.8. The molecule has 0 spiro atoms. The van der Waals surface area contributed by atoms with Crippen molar-refractivity contribution in [3.8, 4) is 5.75 Å². The average molecular weight is 287 g/mol. The van der Waals surface area contributed by atoms with Crippen molar-refractivity contribution in [3.05, 3.63) is 23.8 Å². The van der Waals surface area contributed by atoms with E-state index in [1.165, 1.54) is 25.3 Å². The van der Waals surface area contributed by atoms with E-state index < -0.39 is 16.0 Å². The van der Waals surface area contributed by atoms with Gasteiger partial charge in [0.1, 0.15) is 11.3 Å². The fourth-order valence-corrected chi connectivity index (χ4v) is 3.04. The molecule has 6 nitrogen and oxygen atoms in total. The van der Waals surface area contributed by atoms with Crippen LogP contribution in [-0.2, 0) is 10.0 Å². The zero-order valence-electron chi connectivity index (χ0n) is 11.0. The van der Waals surface area contributed by atoms with E-state index in [9.17, 15) is 13.2 Å². The van der Waals surface area contributed by atoms with Gasteiger partial charge in [0, 0.05) is 6.07 Å². The number of benzene rings is 1. The van der Waals surface area contributed by atoms with Gasteiger partial charge in [-0.2, -0.15) is 0 Å². The summed E-state index contributed by atoms with van der Waals surface area (Å²) >= 11 is 0. The van der Waals surface area contributed by atoms with Crippen molar-refractivity contribution in [1.29, 1.82) is 0 Å². The first-order chi connectivity index (χ1) is 8.75. The number of sulfonamides is 1. The van der Waals surface area contributed by atoms with Crippen LogP contribution in [0.5, 0.6) is 5.75 Å². The van der Waals surface area contributed by atoms with Gasteiger partial charge in [0.05, 0.1) is 18.6 Å². The summed E-state index contributed by atoms with van der Waals surface area (Å²) in [6.45, 7) is 3.60.